The third-order valence-corrected chi connectivity index (χ3v) is 4.23. The summed E-state index contributed by atoms with van der Waals surface area (Å²) in [6.45, 7) is 3.44. The van der Waals surface area contributed by atoms with Crippen molar-refractivity contribution in [1.82, 2.24) is 4.90 Å². The average molecular weight is 238 g/mol. The smallest absolute Gasteiger partial charge is 0.226 e. The van der Waals surface area contributed by atoms with Gasteiger partial charge >= 0.3 is 0 Å². The van der Waals surface area contributed by atoms with Crippen molar-refractivity contribution in [3.05, 3.63) is 0 Å². The van der Waals surface area contributed by atoms with Crippen LogP contribution in [0.3, 0.4) is 0 Å². The van der Waals surface area contributed by atoms with Gasteiger partial charge in [0.2, 0.25) is 5.91 Å². The Kier molecular flexibility index (Phi) is 4.43. The highest BCUT2D eigenvalue weighted by Gasteiger charge is 2.33. The predicted molar refractivity (Wildman–Crippen MR) is 69.5 cm³/mol. The fraction of sp³-hybridized carbons (Fsp3) is 0.929. The molecule has 1 amide bonds. The lowest BCUT2D eigenvalue weighted by molar-refractivity contribution is -0.138. The van der Waals surface area contributed by atoms with Crippen LogP contribution < -0.4 is 5.73 Å². The quantitative estimate of drug-likeness (QED) is 0.797. The summed E-state index contributed by atoms with van der Waals surface area (Å²) >= 11 is 0. The number of nitrogens with two attached hydrogens (primary N) is 1. The third-order valence-electron chi connectivity index (χ3n) is 4.23. The Morgan fingerprint density at radius 3 is 2.41 bits per heavy atom. The molecule has 0 aromatic heterocycles. The van der Waals surface area contributed by atoms with E-state index in [0.717, 1.165) is 12.5 Å². The summed E-state index contributed by atoms with van der Waals surface area (Å²) in [6, 6.07) is 0.505. The molecule has 0 aliphatic heterocycles. The van der Waals surface area contributed by atoms with Crippen LogP contribution in [-0.2, 0) is 4.79 Å². The molecule has 1 unspecified atom stereocenters. The first-order valence-electron chi connectivity index (χ1n) is 7.23. The molecule has 98 valence electrons. The first kappa shape index (κ1) is 12.9. The van der Waals surface area contributed by atoms with E-state index >= 15 is 0 Å². The maximum absolute atomic E-state index is 12.4. The normalized spacial score (nSPS) is 23.4. The van der Waals surface area contributed by atoms with Gasteiger partial charge in [-0.15, -0.1) is 0 Å². The zero-order chi connectivity index (χ0) is 12.3. The van der Waals surface area contributed by atoms with Crippen LogP contribution in [0.15, 0.2) is 0 Å². The molecule has 3 nitrogen and oxygen atoms in total. The zero-order valence-electron chi connectivity index (χ0n) is 11.0. The molecular weight excluding hydrogens is 212 g/mol. The maximum atomic E-state index is 12.4. The van der Waals surface area contributed by atoms with Crippen molar-refractivity contribution in [2.24, 2.45) is 17.6 Å². The first-order valence-corrected chi connectivity index (χ1v) is 7.23. The summed E-state index contributed by atoms with van der Waals surface area (Å²) in [5.41, 5.74) is 5.64. The third kappa shape index (κ3) is 3.44. The second-order valence-electron chi connectivity index (χ2n) is 5.86. The van der Waals surface area contributed by atoms with Gasteiger partial charge in [0.1, 0.15) is 0 Å². The Morgan fingerprint density at radius 1 is 1.24 bits per heavy atom. The van der Waals surface area contributed by atoms with Gasteiger partial charge in [-0.05, 0) is 31.6 Å². The molecule has 1 atom stereocenters. The van der Waals surface area contributed by atoms with Crippen molar-refractivity contribution in [2.45, 2.75) is 57.9 Å². The largest absolute Gasteiger partial charge is 0.339 e. The van der Waals surface area contributed by atoms with Crippen LogP contribution in [0.25, 0.3) is 0 Å². The molecule has 0 bridgehead atoms. The monoisotopic (exact) mass is 238 g/mol. The van der Waals surface area contributed by atoms with E-state index in [4.69, 9.17) is 5.73 Å². The molecule has 0 radical (unpaired) electrons. The predicted octanol–water partition coefficient (Wildman–Crippen LogP) is 2.15. The van der Waals surface area contributed by atoms with Crippen LogP contribution >= 0.6 is 0 Å². The molecule has 17 heavy (non-hydrogen) atoms. The van der Waals surface area contributed by atoms with Crippen LogP contribution in [0.4, 0.5) is 0 Å². The lowest BCUT2D eigenvalue weighted by Gasteiger charge is -2.36. The van der Waals surface area contributed by atoms with Crippen molar-refractivity contribution in [1.29, 1.82) is 0 Å². The van der Waals surface area contributed by atoms with E-state index in [1.165, 1.54) is 44.9 Å². The van der Waals surface area contributed by atoms with Crippen molar-refractivity contribution < 1.29 is 4.79 Å². The second kappa shape index (κ2) is 5.85. The highest BCUT2D eigenvalue weighted by atomic mass is 16.2. The molecular formula is C14H26N2O. The number of carbonyl (C=O) groups excluding carboxylic acids is 1. The van der Waals surface area contributed by atoms with Crippen LogP contribution in [0, 0.1) is 11.8 Å². The molecule has 2 saturated carbocycles. The Balaban J connectivity index is 1.97. The van der Waals surface area contributed by atoms with Gasteiger partial charge in [-0.3, -0.25) is 4.79 Å². The highest BCUT2D eigenvalue weighted by molar-refractivity contribution is 5.79. The number of hydrogen-bond acceptors (Lipinski definition) is 2. The van der Waals surface area contributed by atoms with E-state index < -0.39 is 0 Å². The summed E-state index contributed by atoms with van der Waals surface area (Å²) < 4.78 is 0. The van der Waals surface area contributed by atoms with Crippen molar-refractivity contribution in [3.63, 3.8) is 0 Å². The van der Waals surface area contributed by atoms with Gasteiger partial charge in [-0.2, -0.15) is 0 Å². The van der Waals surface area contributed by atoms with Gasteiger partial charge < -0.3 is 10.6 Å². The van der Waals surface area contributed by atoms with Crippen molar-refractivity contribution in [3.8, 4) is 0 Å². The molecule has 2 aliphatic rings. The molecule has 2 N–H and O–H groups in total. The molecule has 0 spiro atoms. The molecule has 0 aromatic rings. The van der Waals surface area contributed by atoms with Crippen LogP contribution in [-0.4, -0.2) is 29.9 Å². The Hall–Kier alpha value is -0.570. The van der Waals surface area contributed by atoms with Gasteiger partial charge in [-0.1, -0.05) is 26.2 Å². The minimum atomic E-state index is -0.00400. The fourth-order valence-electron chi connectivity index (χ4n) is 2.77. The summed E-state index contributed by atoms with van der Waals surface area (Å²) in [4.78, 5) is 14.6. The highest BCUT2D eigenvalue weighted by Crippen LogP contribution is 2.33. The lowest BCUT2D eigenvalue weighted by atomic mass is 9.93. The number of nitrogens with zero attached hydrogens (tertiary/aromatic N) is 1. The molecule has 2 aliphatic carbocycles. The molecule has 0 aromatic carbocycles. The summed E-state index contributed by atoms with van der Waals surface area (Å²) in [7, 11) is 0. The van der Waals surface area contributed by atoms with Gasteiger partial charge in [0.25, 0.3) is 0 Å². The molecule has 3 heteroatoms. The second-order valence-corrected chi connectivity index (χ2v) is 5.86. The van der Waals surface area contributed by atoms with E-state index in [1.54, 1.807) is 0 Å². The summed E-state index contributed by atoms with van der Waals surface area (Å²) in [6.07, 6.45) is 8.95. The van der Waals surface area contributed by atoms with Crippen LogP contribution in [0.5, 0.6) is 0 Å². The average Bonchev–Trinajstić information content (AvgIpc) is 3.19. The van der Waals surface area contributed by atoms with E-state index in [9.17, 15) is 4.79 Å². The van der Waals surface area contributed by atoms with E-state index in [1.807, 2.05) is 6.92 Å². The van der Waals surface area contributed by atoms with Crippen molar-refractivity contribution >= 4 is 5.91 Å². The lowest BCUT2D eigenvalue weighted by Crippen LogP contribution is -2.46. The van der Waals surface area contributed by atoms with Gasteiger partial charge in [-0.25, -0.2) is 0 Å². The summed E-state index contributed by atoms with van der Waals surface area (Å²) in [5.74, 6) is 1.08. The standard InChI is InChI=1S/C14H26N2O/c1-11(9-15)14(17)16(10-12-7-8-12)13-5-3-2-4-6-13/h11-13H,2-10,15H2,1H3. The molecule has 0 saturated heterocycles. The minimum Gasteiger partial charge on any atom is -0.339 e. The minimum absolute atomic E-state index is 0.00400. The topological polar surface area (TPSA) is 46.3 Å². The van der Waals surface area contributed by atoms with Gasteiger partial charge in [0.15, 0.2) is 0 Å². The molecule has 0 heterocycles. The van der Waals surface area contributed by atoms with Gasteiger partial charge in [0.05, 0.1) is 0 Å². The van der Waals surface area contributed by atoms with E-state index in [-0.39, 0.29) is 5.92 Å². The number of rotatable bonds is 5. The fourth-order valence-corrected chi connectivity index (χ4v) is 2.77. The Bertz CT molecular complexity index is 257. The maximum Gasteiger partial charge on any atom is 0.226 e. The number of carbonyl (C=O) groups is 1. The zero-order valence-corrected chi connectivity index (χ0v) is 11.0. The summed E-state index contributed by atoms with van der Waals surface area (Å²) in [5, 5.41) is 0. The van der Waals surface area contributed by atoms with Crippen LogP contribution in [0.1, 0.15) is 51.9 Å². The number of amides is 1. The first-order chi connectivity index (χ1) is 8.22. The Morgan fingerprint density at radius 2 is 1.88 bits per heavy atom. The molecule has 2 rings (SSSR count). The van der Waals surface area contributed by atoms with Gasteiger partial charge in [0, 0.05) is 25.0 Å². The van der Waals surface area contributed by atoms with Crippen molar-refractivity contribution in [2.75, 3.05) is 13.1 Å². The molecule has 2 fully saturated rings. The Labute approximate surface area is 105 Å². The van der Waals surface area contributed by atoms with E-state index in [2.05, 4.69) is 4.90 Å². The van der Waals surface area contributed by atoms with E-state index in [0.29, 0.717) is 18.5 Å². The number of hydrogen-bond donors (Lipinski definition) is 1. The SMILES string of the molecule is CC(CN)C(=O)N(CC1CC1)C1CCCCC1. The van der Waals surface area contributed by atoms with Crippen LogP contribution in [0.2, 0.25) is 0 Å².